The van der Waals surface area contributed by atoms with E-state index in [1.54, 1.807) is 0 Å². The molecule has 1 aromatic heterocycles. The van der Waals surface area contributed by atoms with Gasteiger partial charge in [-0.1, -0.05) is 19.8 Å². The number of likely N-dealkylation sites (tertiary alicyclic amines) is 1. The fourth-order valence-corrected chi connectivity index (χ4v) is 4.01. The van der Waals surface area contributed by atoms with Crippen LogP contribution in [0, 0.1) is 0 Å². The second-order valence-electron chi connectivity index (χ2n) is 7.97. The molecule has 1 aliphatic heterocycles. The zero-order chi connectivity index (χ0) is 17.2. The molecule has 0 spiro atoms. The maximum Gasteiger partial charge on any atom is 0.237 e. The van der Waals surface area contributed by atoms with Gasteiger partial charge in [-0.15, -0.1) is 10.2 Å². The number of hydrogen-bond donors (Lipinski definition) is 1. The van der Waals surface area contributed by atoms with Gasteiger partial charge in [0.2, 0.25) is 5.91 Å². The summed E-state index contributed by atoms with van der Waals surface area (Å²) in [6, 6.07) is 0.619. The van der Waals surface area contributed by atoms with E-state index in [2.05, 4.69) is 31.9 Å². The Morgan fingerprint density at radius 2 is 2.00 bits per heavy atom. The van der Waals surface area contributed by atoms with Gasteiger partial charge in [-0.3, -0.25) is 9.69 Å². The summed E-state index contributed by atoms with van der Waals surface area (Å²) in [5, 5.41) is 12.0. The zero-order valence-corrected chi connectivity index (χ0v) is 15.4. The van der Waals surface area contributed by atoms with Gasteiger partial charge in [0.15, 0.2) is 5.82 Å². The predicted octanol–water partition coefficient (Wildman–Crippen LogP) is 2.76. The van der Waals surface area contributed by atoms with Gasteiger partial charge < -0.3 is 9.88 Å². The van der Waals surface area contributed by atoms with Crippen molar-refractivity contribution < 1.29 is 4.79 Å². The molecule has 2 aliphatic carbocycles. The van der Waals surface area contributed by atoms with Crippen molar-refractivity contribution in [1.29, 1.82) is 0 Å². The highest BCUT2D eigenvalue weighted by Gasteiger charge is 2.36. The molecule has 2 heterocycles. The Morgan fingerprint density at radius 3 is 2.72 bits per heavy atom. The number of amides is 1. The molecular weight excluding hydrogens is 314 g/mol. The van der Waals surface area contributed by atoms with E-state index in [-0.39, 0.29) is 11.9 Å². The van der Waals surface area contributed by atoms with E-state index in [9.17, 15) is 4.79 Å². The number of aromatic nitrogens is 3. The SMILES string of the molecule is CCCCN1CCCC[C@@H]1C(=O)NCc1nnc(C2CC2)n1C1CC1. The second-order valence-corrected chi connectivity index (χ2v) is 7.97. The van der Waals surface area contributed by atoms with Crippen molar-refractivity contribution in [2.45, 2.75) is 89.3 Å². The highest BCUT2D eigenvalue weighted by molar-refractivity contribution is 5.81. The zero-order valence-electron chi connectivity index (χ0n) is 15.4. The highest BCUT2D eigenvalue weighted by Crippen LogP contribution is 2.44. The molecule has 0 bridgehead atoms. The third-order valence-electron chi connectivity index (χ3n) is 5.78. The van der Waals surface area contributed by atoms with Crippen molar-refractivity contribution in [3.8, 4) is 0 Å². The first-order valence-corrected chi connectivity index (χ1v) is 10.2. The molecule has 1 aromatic rings. The van der Waals surface area contributed by atoms with Crippen molar-refractivity contribution in [2.24, 2.45) is 0 Å². The van der Waals surface area contributed by atoms with Crippen LogP contribution >= 0.6 is 0 Å². The van der Waals surface area contributed by atoms with E-state index >= 15 is 0 Å². The molecule has 25 heavy (non-hydrogen) atoms. The van der Waals surface area contributed by atoms with Gasteiger partial charge in [0.25, 0.3) is 0 Å². The maximum atomic E-state index is 12.8. The predicted molar refractivity (Wildman–Crippen MR) is 96.2 cm³/mol. The molecule has 6 heteroatoms. The molecule has 1 atom stereocenters. The van der Waals surface area contributed by atoms with Gasteiger partial charge in [0, 0.05) is 12.0 Å². The molecule has 3 aliphatic rings. The highest BCUT2D eigenvalue weighted by atomic mass is 16.2. The van der Waals surface area contributed by atoms with E-state index in [0.29, 0.717) is 18.5 Å². The first-order chi connectivity index (χ1) is 12.3. The average molecular weight is 345 g/mol. The summed E-state index contributed by atoms with van der Waals surface area (Å²) in [5.74, 6) is 2.90. The molecule has 3 fully saturated rings. The van der Waals surface area contributed by atoms with Crippen molar-refractivity contribution in [3.63, 3.8) is 0 Å². The molecule has 1 N–H and O–H groups in total. The number of unbranched alkanes of at least 4 members (excludes halogenated alkanes) is 1. The lowest BCUT2D eigenvalue weighted by Gasteiger charge is -2.34. The number of rotatable bonds is 8. The number of nitrogens with zero attached hydrogens (tertiary/aromatic N) is 4. The molecular formula is C19H31N5O. The van der Waals surface area contributed by atoms with Crippen LogP contribution in [0.15, 0.2) is 0 Å². The van der Waals surface area contributed by atoms with Crippen LogP contribution in [0.25, 0.3) is 0 Å². The summed E-state index contributed by atoms with van der Waals surface area (Å²) in [6.45, 7) is 4.83. The van der Waals surface area contributed by atoms with Crippen molar-refractivity contribution in [1.82, 2.24) is 25.0 Å². The molecule has 6 nitrogen and oxygen atoms in total. The lowest BCUT2D eigenvalue weighted by molar-refractivity contribution is -0.127. The minimum Gasteiger partial charge on any atom is -0.347 e. The molecule has 1 saturated heterocycles. The molecule has 138 valence electrons. The van der Waals surface area contributed by atoms with Gasteiger partial charge in [-0.2, -0.15) is 0 Å². The van der Waals surface area contributed by atoms with Gasteiger partial charge in [-0.05, 0) is 58.0 Å². The molecule has 0 radical (unpaired) electrons. The number of hydrogen-bond acceptors (Lipinski definition) is 4. The molecule has 4 rings (SSSR count). The van der Waals surface area contributed by atoms with Crippen LogP contribution in [0.1, 0.15) is 88.3 Å². The fourth-order valence-electron chi connectivity index (χ4n) is 4.01. The van der Waals surface area contributed by atoms with E-state index in [0.717, 1.165) is 37.6 Å². The van der Waals surface area contributed by atoms with Crippen LogP contribution in [0.3, 0.4) is 0 Å². The second kappa shape index (κ2) is 7.44. The van der Waals surface area contributed by atoms with Crippen molar-refractivity contribution >= 4 is 5.91 Å². The Balaban J connectivity index is 1.38. The van der Waals surface area contributed by atoms with E-state index in [1.165, 1.54) is 44.9 Å². The number of carbonyl (C=O) groups excluding carboxylic acids is 1. The number of nitrogens with one attached hydrogen (secondary N) is 1. The maximum absolute atomic E-state index is 12.8. The summed E-state index contributed by atoms with van der Waals surface area (Å²) in [7, 11) is 0. The smallest absolute Gasteiger partial charge is 0.237 e. The third-order valence-corrected chi connectivity index (χ3v) is 5.78. The van der Waals surface area contributed by atoms with Crippen LogP contribution < -0.4 is 5.32 Å². The van der Waals surface area contributed by atoms with E-state index < -0.39 is 0 Å². The largest absolute Gasteiger partial charge is 0.347 e. The van der Waals surface area contributed by atoms with Crippen LogP contribution in [-0.4, -0.2) is 44.7 Å². The summed E-state index contributed by atoms with van der Waals surface area (Å²) >= 11 is 0. The Hall–Kier alpha value is -1.43. The van der Waals surface area contributed by atoms with Gasteiger partial charge >= 0.3 is 0 Å². The van der Waals surface area contributed by atoms with Crippen molar-refractivity contribution in [2.75, 3.05) is 13.1 Å². The summed E-state index contributed by atoms with van der Waals surface area (Å²) in [5.41, 5.74) is 0. The number of piperidine rings is 1. The topological polar surface area (TPSA) is 63.1 Å². The first kappa shape index (κ1) is 17.0. The fraction of sp³-hybridized carbons (Fsp3) is 0.842. The quantitative estimate of drug-likeness (QED) is 0.787. The summed E-state index contributed by atoms with van der Waals surface area (Å²) in [4.78, 5) is 15.2. The van der Waals surface area contributed by atoms with Crippen LogP contribution in [0.4, 0.5) is 0 Å². The van der Waals surface area contributed by atoms with Crippen LogP contribution in [-0.2, 0) is 11.3 Å². The van der Waals surface area contributed by atoms with E-state index in [4.69, 9.17) is 0 Å². The summed E-state index contributed by atoms with van der Waals surface area (Å²) in [6.07, 6.45) is 10.6. The molecule has 0 aromatic carbocycles. The van der Waals surface area contributed by atoms with Gasteiger partial charge in [0.1, 0.15) is 5.82 Å². The van der Waals surface area contributed by atoms with Crippen molar-refractivity contribution in [3.05, 3.63) is 11.6 Å². The monoisotopic (exact) mass is 345 g/mol. The average Bonchev–Trinajstić information content (AvgIpc) is 3.57. The van der Waals surface area contributed by atoms with Crippen LogP contribution in [0.5, 0.6) is 0 Å². The minimum atomic E-state index is 0.0421. The Morgan fingerprint density at radius 1 is 1.16 bits per heavy atom. The lowest BCUT2D eigenvalue weighted by Crippen LogP contribution is -2.49. The van der Waals surface area contributed by atoms with E-state index in [1.807, 2.05) is 0 Å². The van der Waals surface area contributed by atoms with Gasteiger partial charge in [-0.25, -0.2) is 0 Å². The molecule has 0 unspecified atom stereocenters. The minimum absolute atomic E-state index is 0.0421. The lowest BCUT2D eigenvalue weighted by atomic mass is 10.0. The Kier molecular flexibility index (Phi) is 5.06. The molecule has 1 amide bonds. The Labute approximate surface area is 150 Å². The third kappa shape index (κ3) is 3.89. The molecule has 2 saturated carbocycles. The number of carbonyl (C=O) groups is 1. The Bertz CT molecular complexity index is 605. The van der Waals surface area contributed by atoms with Gasteiger partial charge in [0.05, 0.1) is 12.6 Å². The standard InChI is InChI=1S/C19H31N5O/c1-2-3-11-23-12-5-4-6-16(23)19(25)20-13-17-21-22-18(14-7-8-14)24(17)15-9-10-15/h14-16H,2-13H2,1H3,(H,20,25)/t16-/m1/s1. The first-order valence-electron chi connectivity index (χ1n) is 10.2. The van der Waals surface area contributed by atoms with Crippen LogP contribution in [0.2, 0.25) is 0 Å². The normalized spacial score (nSPS) is 24.4. The summed E-state index contributed by atoms with van der Waals surface area (Å²) < 4.78 is 2.33.